The van der Waals surface area contributed by atoms with Crippen molar-refractivity contribution in [2.75, 3.05) is 0 Å². The third-order valence-corrected chi connectivity index (χ3v) is 4.57. The first kappa shape index (κ1) is 19.0. The Morgan fingerprint density at radius 2 is 1.90 bits per heavy atom. The Hall–Kier alpha value is -4.34. The second-order valence-corrected chi connectivity index (χ2v) is 6.49. The highest BCUT2D eigenvalue weighted by molar-refractivity contribution is 6.38. The van der Waals surface area contributed by atoms with Crippen LogP contribution in [-0.4, -0.2) is 48.4 Å². The van der Waals surface area contributed by atoms with Gasteiger partial charge in [-0.25, -0.2) is 14.6 Å². The molecule has 0 spiro atoms. The lowest BCUT2D eigenvalue weighted by Crippen LogP contribution is -2.47. The average Bonchev–Trinajstić information content (AvgIpc) is 3.41. The Morgan fingerprint density at radius 1 is 1.07 bits per heavy atom. The Morgan fingerprint density at radius 3 is 2.67 bits per heavy atom. The number of amides is 2. The van der Waals surface area contributed by atoms with Gasteiger partial charge in [0, 0.05) is 30.4 Å². The van der Waals surface area contributed by atoms with Crippen molar-refractivity contribution in [3.8, 4) is 5.82 Å². The fourth-order valence-corrected chi connectivity index (χ4v) is 3.15. The summed E-state index contributed by atoms with van der Waals surface area (Å²) in [5.74, 6) is -2.18. The number of nitrogens with two attached hydrogens (primary N) is 1. The molecule has 0 aliphatic rings. The Labute approximate surface area is 170 Å². The highest BCUT2D eigenvalue weighted by Gasteiger charge is 2.28. The van der Waals surface area contributed by atoms with Crippen molar-refractivity contribution in [1.82, 2.24) is 30.0 Å². The van der Waals surface area contributed by atoms with Gasteiger partial charge in [0.25, 0.3) is 11.8 Å². The standard InChI is InChI=1S/C20H17N7O3/c21-18(29)17(28)14(10-12-11-24-19-13(12)4-3-8-23-19)26-20(30)15-6-9-25-27(15)16-5-1-2-7-22-16/h1-9,11,14H,10H2,(H2,21,29)(H,23,24)(H,26,30). The Balaban J connectivity index is 1.62. The van der Waals surface area contributed by atoms with Gasteiger partial charge in [-0.15, -0.1) is 0 Å². The molecule has 0 aliphatic heterocycles. The summed E-state index contributed by atoms with van der Waals surface area (Å²) in [6.07, 6.45) is 6.40. The van der Waals surface area contributed by atoms with E-state index in [0.29, 0.717) is 11.5 Å². The van der Waals surface area contributed by atoms with Gasteiger partial charge in [-0.2, -0.15) is 5.10 Å². The van der Waals surface area contributed by atoms with Crippen molar-refractivity contribution >= 4 is 28.6 Å². The number of H-pyrrole nitrogens is 1. The van der Waals surface area contributed by atoms with Crippen LogP contribution in [0.4, 0.5) is 0 Å². The van der Waals surface area contributed by atoms with Gasteiger partial charge in [-0.05, 0) is 35.9 Å². The van der Waals surface area contributed by atoms with E-state index in [-0.39, 0.29) is 12.1 Å². The van der Waals surface area contributed by atoms with E-state index in [1.807, 2.05) is 6.07 Å². The number of ketones is 1. The number of fused-ring (bicyclic) bond motifs is 1. The number of pyridine rings is 2. The lowest BCUT2D eigenvalue weighted by molar-refractivity contribution is -0.137. The molecule has 30 heavy (non-hydrogen) atoms. The molecule has 2 amide bonds. The smallest absolute Gasteiger partial charge is 0.287 e. The molecule has 10 nitrogen and oxygen atoms in total. The number of nitrogens with zero attached hydrogens (tertiary/aromatic N) is 4. The maximum atomic E-state index is 12.9. The van der Waals surface area contributed by atoms with Crippen LogP contribution in [0, 0.1) is 0 Å². The van der Waals surface area contributed by atoms with Crippen molar-refractivity contribution in [2.24, 2.45) is 5.73 Å². The van der Waals surface area contributed by atoms with Crippen LogP contribution < -0.4 is 11.1 Å². The van der Waals surface area contributed by atoms with E-state index in [9.17, 15) is 14.4 Å². The van der Waals surface area contributed by atoms with Crippen molar-refractivity contribution in [1.29, 1.82) is 0 Å². The summed E-state index contributed by atoms with van der Waals surface area (Å²) in [5, 5.41) is 7.50. The molecule has 10 heteroatoms. The van der Waals surface area contributed by atoms with Gasteiger partial charge in [-0.1, -0.05) is 6.07 Å². The largest absolute Gasteiger partial charge is 0.363 e. The van der Waals surface area contributed by atoms with E-state index < -0.39 is 23.6 Å². The molecule has 0 saturated heterocycles. The summed E-state index contributed by atoms with van der Waals surface area (Å²) < 4.78 is 1.34. The van der Waals surface area contributed by atoms with Crippen LogP contribution >= 0.6 is 0 Å². The zero-order valence-electron chi connectivity index (χ0n) is 15.6. The number of rotatable bonds is 7. The van der Waals surface area contributed by atoms with Crippen LogP contribution in [-0.2, 0) is 16.0 Å². The topological polar surface area (TPSA) is 149 Å². The average molecular weight is 403 g/mol. The first-order valence-electron chi connectivity index (χ1n) is 9.05. The van der Waals surface area contributed by atoms with Crippen molar-refractivity contribution in [3.05, 3.63) is 72.4 Å². The maximum Gasteiger partial charge on any atom is 0.287 e. The highest BCUT2D eigenvalue weighted by atomic mass is 16.2. The van der Waals surface area contributed by atoms with E-state index in [0.717, 1.165) is 10.9 Å². The summed E-state index contributed by atoms with van der Waals surface area (Å²) in [4.78, 5) is 48.3. The first-order valence-corrected chi connectivity index (χ1v) is 9.05. The zero-order chi connectivity index (χ0) is 21.1. The van der Waals surface area contributed by atoms with Crippen LogP contribution in [0.25, 0.3) is 16.9 Å². The van der Waals surface area contributed by atoms with Crippen LogP contribution in [0.1, 0.15) is 16.1 Å². The van der Waals surface area contributed by atoms with Gasteiger partial charge >= 0.3 is 0 Å². The highest BCUT2D eigenvalue weighted by Crippen LogP contribution is 2.18. The monoisotopic (exact) mass is 403 g/mol. The number of aromatic amines is 1. The number of Topliss-reactive ketones (excluding diaryl/α,β-unsaturated/α-hetero) is 1. The molecule has 0 aromatic carbocycles. The molecule has 0 bridgehead atoms. The minimum atomic E-state index is -1.15. The van der Waals surface area contributed by atoms with E-state index in [1.54, 1.807) is 42.9 Å². The van der Waals surface area contributed by atoms with Gasteiger partial charge in [0.15, 0.2) is 5.82 Å². The number of nitrogens with one attached hydrogen (secondary N) is 2. The number of primary amides is 1. The fourth-order valence-electron chi connectivity index (χ4n) is 3.15. The van der Waals surface area contributed by atoms with E-state index >= 15 is 0 Å². The van der Waals surface area contributed by atoms with E-state index in [1.165, 1.54) is 16.9 Å². The SMILES string of the molecule is NC(=O)C(=O)C(Cc1c[nH]c2ncccc12)NC(=O)c1ccnn1-c1ccccn1. The summed E-state index contributed by atoms with van der Waals surface area (Å²) >= 11 is 0. The molecular formula is C20H17N7O3. The third-order valence-electron chi connectivity index (χ3n) is 4.57. The normalized spacial score (nSPS) is 11.9. The molecule has 4 aromatic rings. The van der Waals surface area contributed by atoms with Crippen molar-refractivity contribution < 1.29 is 14.4 Å². The molecular weight excluding hydrogens is 386 g/mol. The molecule has 150 valence electrons. The van der Waals surface area contributed by atoms with Crippen molar-refractivity contribution in [3.63, 3.8) is 0 Å². The molecule has 4 aromatic heterocycles. The van der Waals surface area contributed by atoms with Crippen LogP contribution in [0.5, 0.6) is 0 Å². The maximum absolute atomic E-state index is 12.9. The molecule has 0 aliphatic carbocycles. The molecule has 4 N–H and O–H groups in total. The fraction of sp³-hybridized carbons (Fsp3) is 0.100. The molecule has 0 radical (unpaired) electrons. The van der Waals surface area contributed by atoms with Gasteiger partial charge in [0.05, 0.1) is 6.20 Å². The van der Waals surface area contributed by atoms with Gasteiger partial charge in [0.2, 0.25) is 5.78 Å². The molecule has 0 saturated carbocycles. The summed E-state index contributed by atoms with van der Waals surface area (Å²) in [7, 11) is 0. The third kappa shape index (κ3) is 3.65. The molecule has 4 rings (SSSR count). The number of carbonyl (C=O) groups is 3. The molecule has 4 heterocycles. The first-order chi connectivity index (χ1) is 14.5. The van der Waals surface area contributed by atoms with E-state index in [2.05, 4.69) is 25.4 Å². The number of hydrogen-bond acceptors (Lipinski definition) is 6. The second kappa shape index (κ2) is 7.95. The minimum Gasteiger partial charge on any atom is -0.363 e. The summed E-state index contributed by atoms with van der Waals surface area (Å²) in [6.45, 7) is 0. The predicted molar refractivity (Wildman–Crippen MR) is 107 cm³/mol. The summed E-state index contributed by atoms with van der Waals surface area (Å²) in [5.41, 5.74) is 6.72. The summed E-state index contributed by atoms with van der Waals surface area (Å²) in [6, 6.07) is 9.12. The number of carbonyl (C=O) groups excluding carboxylic acids is 3. The number of aromatic nitrogens is 5. The van der Waals surface area contributed by atoms with Crippen LogP contribution in [0.3, 0.4) is 0 Å². The lowest BCUT2D eigenvalue weighted by Gasteiger charge is -2.16. The molecule has 1 atom stereocenters. The van der Waals surface area contributed by atoms with Gasteiger partial charge < -0.3 is 16.0 Å². The van der Waals surface area contributed by atoms with Crippen molar-refractivity contribution in [2.45, 2.75) is 12.5 Å². The Bertz CT molecular complexity index is 1230. The van der Waals surface area contributed by atoms with Crippen LogP contribution in [0.15, 0.2) is 61.2 Å². The molecule has 0 fully saturated rings. The lowest BCUT2D eigenvalue weighted by atomic mass is 10.0. The minimum absolute atomic E-state index is 0.0664. The quantitative estimate of drug-likeness (QED) is 0.384. The second-order valence-electron chi connectivity index (χ2n) is 6.49. The van der Waals surface area contributed by atoms with Crippen LogP contribution in [0.2, 0.25) is 0 Å². The number of hydrogen-bond donors (Lipinski definition) is 3. The van der Waals surface area contributed by atoms with E-state index in [4.69, 9.17) is 5.73 Å². The zero-order valence-corrected chi connectivity index (χ0v) is 15.6. The van der Waals surface area contributed by atoms with Gasteiger partial charge in [-0.3, -0.25) is 14.4 Å². The predicted octanol–water partition coefficient (Wildman–Crippen LogP) is 0.539. The Kier molecular flexibility index (Phi) is 5.04. The van der Waals surface area contributed by atoms with Gasteiger partial charge in [0.1, 0.15) is 17.4 Å². The molecule has 1 unspecified atom stereocenters.